The van der Waals surface area contributed by atoms with Crippen molar-refractivity contribution < 1.29 is 9.59 Å². The molecule has 0 bridgehead atoms. The van der Waals surface area contributed by atoms with Crippen LogP contribution in [0.2, 0.25) is 0 Å². The van der Waals surface area contributed by atoms with Gasteiger partial charge in [-0.2, -0.15) is 0 Å². The van der Waals surface area contributed by atoms with Gasteiger partial charge >= 0.3 is 0 Å². The minimum Gasteiger partial charge on any atom is -0.294 e. The Bertz CT molecular complexity index is 728. The fourth-order valence-corrected chi connectivity index (χ4v) is 3.14. The lowest BCUT2D eigenvalue weighted by Gasteiger charge is -2.06. The highest BCUT2D eigenvalue weighted by molar-refractivity contribution is 6.02. The quantitative estimate of drug-likeness (QED) is 0.769. The molecule has 22 heavy (non-hydrogen) atoms. The topological polar surface area (TPSA) is 34.1 Å². The number of hydrogen-bond acceptors (Lipinski definition) is 2. The predicted molar refractivity (Wildman–Crippen MR) is 87.5 cm³/mol. The third kappa shape index (κ3) is 3.01. The van der Waals surface area contributed by atoms with Crippen molar-refractivity contribution in [3.05, 3.63) is 70.3 Å². The summed E-state index contributed by atoms with van der Waals surface area (Å²) in [6, 6.07) is 13.5. The largest absolute Gasteiger partial charge is 0.294 e. The van der Waals surface area contributed by atoms with E-state index in [0.717, 1.165) is 29.5 Å². The van der Waals surface area contributed by atoms with Gasteiger partial charge in [-0.05, 0) is 48.9 Å². The van der Waals surface area contributed by atoms with Gasteiger partial charge < -0.3 is 0 Å². The van der Waals surface area contributed by atoms with Crippen LogP contribution >= 0.6 is 0 Å². The highest BCUT2D eigenvalue weighted by Gasteiger charge is 2.15. The predicted octanol–water partition coefficient (Wildman–Crippen LogP) is 4.33. The third-order valence-electron chi connectivity index (χ3n) is 4.45. The molecule has 2 aromatic rings. The van der Waals surface area contributed by atoms with Gasteiger partial charge in [0.05, 0.1) is 0 Å². The molecule has 0 radical (unpaired) electrons. The Hall–Kier alpha value is -2.22. The van der Waals surface area contributed by atoms with Crippen molar-refractivity contribution in [2.45, 2.75) is 39.0 Å². The standard InChI is InChI=1S/C20H20O2/c1-14-5-2-3-8-18(14)20(22)12-11-19(21)17-10-9-15-6-4-7-16(15)13-17/h2-3,5,8-10,13H,4,6-7,11-12H2,1H3. The monoisotopic (exact) mass is 292 g/mol. The van der Waals surface area contributed by atoms with E-state index in [4.69, 9.17) is 0 Å². The Morgan fingerprint density at radius 2 is 1.64 bits per heavy atom. The molecule has 0 spiro atoms. The van der Waals surface area contributed by atoms with Crippen LogP contribution in [-0.2, 0) is 12.8 Å². The molecule has 2 nitrogen and oxygen atoms in total. The molecule has 0 heterocycles. The summed E-state index contributed by atoms with van der Waals surface area (Å²) in [5.41, 5.74) is 5.11. The van der Waals surface area contributed by atoms with Crippen molar-refractivity contribution in [2.75, 3.05) is 0 Å². The van der Waals surface area contributed by atoms with Crippen molar-refractivity contribution >= 4 is 11.6 Å². The smallest absolute Gasteiger partial charge is 0.163 e. The summed E-state index contributed by atoms with van der Waals surface area (Å²) in [5, 5.41) is 0. The van der Waals surface area contributed by atoms with E-state index < -0.39 is 0 Å². The van der Waals surface area contributed by atoms with Crippen LogP contribution in [0.15, 0.2) is 42.5 Å². The first-order chi connectivity index (χ1) is 10.6. The van der Waals surface area contributed by atoms with Crippen molar-refractivity contribution in [1.82, 2.24) is 0 Å². The van der Waals surface area contributed by atoms with E-state index in [1.807, 2.05) is 43.3 Å². The van der Waals surface area contributed by atoms with Crippen LogP contribution in [0.4, 0.5) is 0 Å². The fraction of sp³-hybridized carbons (Fsp3) is 0.300. The van der Waals surface area contributed by atoms with Crippen molar-refractivity contribution in [2.24, 2.45) is 0 Å². The number of ketones is 2. The molecule has 3 rings (SSSR count). The highest BCUT2D eigenvalue weighted by atomic mass is 16.1. The van der Waals surface area contributed by atoms with Crippen LogP contribution in [0, 0.1) is 6.92 Å². The molecule has 112 valence electrons. The second-order valence-corrected chi connectivity index (χ2v) is 6.00. The van der Waals surface area contributed by atoms with E-state index in [1.165, 1.54) is 17.5 Å². The summed E-state index contributed by atoms with van der Waals surface area (Å²) in [6.07, 6.45) is 3.93. The molecule has 0 fully saturated rings. The van der Waals surface area contributed by atoms with Gasteiger partial charge in [-0.1, -0.05) is 36.4 Å². The molecule has 0 aliphatic heterocycles. The molecule has 1 aliphatic carbocycles. The van der Waals surface area contributed by atoms with Gasteiger partial charge in [0, 0.05) is 24.0 Å². The highest BCUT2D eigenvalue weighted by Crippen LogP contribution is 2.23. The third-order valence-corrected chi connectivity index (χ3v) is 4.45. The normalized spacial score (nSPS) is 13.0. The van der Waals surface area contributed by atoms with Crippen LogP contribution in [0.1, 0.15) is 56.7 Å². The van der Waals surface area contributed by atoms with Gasteiger partial charge in [0.25, 0.3) is 0 Å². The van der Waals surface area contributed by atoms with Gasteiger partial charge in [-0.3, -0.25) is 9.59 Å². The average Bonchev–Trinajstić information content (AvgIpc) is 3.00. The molecular formula is C20H20O2. The molecule has 0 N–H and O–H groups in total. The first-order valence-electron chi connectivity index (χ1n) is 7.89. The number of hydrogen-bond donors (Lipinski definition) is 0. The summed E-state index contributed by atoms with van der Waals surface area (Å²) in [4.78, 5) is 24.5. The second kappa shape index (κ2) is 6.27. The van der Waals surface area contributed by atoms with E-state index in [2.05, 4.69) is 6.07 Å². The molecule has 0 saturated carbocycles. The molecular weight excluding hydrogens is 272 g/mol. The minimum atomic E-state index is 0.0487. The zero-order valence-corrected chi connectivity index (χ0v) is 12.9. The number of carbonyl (C=O) groups excluding carboxylic acids is 2. The maximum Gasteiger partial charge on any atom is 0.163 e. The van der Waals surface area contributed by atoms with Gasteiger partial charge in [0.1, 0.15) is 0 Å². The summed E-state index contributed by atoms with van der Waals surface area (Å²) in [5.74, 6) is 0.115. The molecule has 0 unspecified atom stereocenters. The lowest BCUT2D eigenvalue weighted by molar-refractivity contribution is 0.0917. The molecule has 0 aromatic heterocycles. The van der Waals surface area contributed by atoms with Crippen molar-refractivity contribution in [3.8, 4) is 0 Å². The second-order valence-electron chi connectivity index (χ2n) is 6.00. The number of Topliss-reactive ketones (excluding diaryl/α,β-unsaturated/α-hetero) is 2. The van der Waals surface area contributed by atoms with Gasteiger partial charge in [-0.15, -0.1) is 0 Å². The van der Waals surface area contributed by atoms with E-state index in [9.17, 15) is 9.59 Å². The van der Waals surface area contributed by atoms with Gasteiger partial charge in [-0.25, -0.2) is 0 Å². The molecule has 0 saturated heterocycles. The maximum absolute atomic E-state index is 12.3. The fourth-order valence-electron chi connectivity index (χ4n) is 3.14. The first kappa shape index (κ1) is 14.7. The van der Waals surface area contributed by atoms with Crippen LogP contribution in [-0.4, -0.2) is 11.6 Å². The molecule has 2 heteroatoms. The number of rotatable bonds is 5. The summed E-state index contributed by atoms with van der Waals surface area (Å²) in [6.45, 7) is 1.93. The Labute approximate surface area is 131 Å². The lowest BCUT2D eigenvalue weighted by Crippen LogP contribution is -2.07. The van der Waals surface area contributed by atoms with Gasteiger partial charge in [0.2, 0.25) is 0 Å². The Balaban J connectivity index is 1.65. The molecule has 2 aromatic carbocycles. The zero-order valence-electron chi connectivity index (χ0n) is 12.9. The number of carbonyl (C=O) groups is 2. The maximum atomic E-state index is 12.3. The van der Waals surface area contributed by atoms with Gasteiger partial charge in [0.15, 0.2) is 11.6 Å². The lowest BCUT2D eigenvalue weighted by atomic mass is 9.97. The van der Waals surface area contributed by atoms with Crippen LogP contribution in [0.5, 0.6) is 0 Å². The van der Waals surface area contributed by atoms with Crippen molar-refractivity contribution in [1.29, 1.82) is 0 Å². The number of fused-ring (bicyclic) bond motifs is 1. The Kier molecular flexibility index (Phi) is 4.19. The number of benzene rings is 2. The zero-order chi connectivity index (χ0) is 15.5. The minimum absolute atomic E-state index is 0.0487. The summed E-state index contributed by atoms with van der Waals surface area (Å²) >= 11 is 0. The van der Waals surface area contributed by atoms with Crippen LogP contribution < -0.4 is 0 Å². The Morgan fingerprint density at radius 1 is 0.909 bits per heavy atom. The Morgan fingerprint density at radius 3 is 2.45 bits per heavy atom. The van der Waals surface area contributed by atoms with Crippen LogP contribution in [0.3, 0.4) is 0 Å². The SMILES string of the molecule is Cc1ccccc1C(=O)CCC(=O)c1ccc2c(c1)CCC2. The molecule has 0 amide bonds. The van der Waals surface area contributed by atoms with Crippen molar-refractivity contribution in [3.63, 3.8) is 0 Å². The molecule has 0 atom stereocenters. The van der Waals surface area contributed by atoms with Crippen LogP contribution in [0.25, 0.3) is 0 Å². The average molecular weight is 292 g/mol. The summed E-state index contributed by atoms with van der Waals surface area (Å²) in [7, 11) is 0. The summed E-state index contributed by atoms with van der Waals surface area (Å²) < 4.78 is 0. The van der Waals surface area contributed by atoms with E-state index in [-0.39, 0.29) is 24.4 Å². The first-order valence-corrected chi connectivity index (χ1v) is 7.89. The van der Waals surface area contributed by atoms with E-state index >= 15 is 0 Å². The van der Waals surface area contributed by atoms with E-state index in [0.29, 0.717) is 0 Å². The molecule has 1 aliphatic rings. The van der Waals surface area contributed by atoms with E-state index in [1.54, 1.807) is 0 Å². The number of aryl methyl sites for hydroxylation is 3.